The highest BCUT2D eigenvalue weighted by atomic mass is 79.9. The zero-order valence-electron chi connectivity index (χ0n) is 11.1. The standard InChI is InChI=1S/C15H22BrNO/c1-11(12-3-4-12)17(2)10-9-15(18)13-5-7-14(16)8-6-13/h5-8,11-12,15,18H,3-4,9-10H2,1-2H3. The third kappa shape index (κ3) is 3.81. The van der Waals surface area contributed by atoms with Gasteiger partial charge in [-0.3, -0.25) is 0 Å². The van der Waals surface area contributed by atoms with Gasteiger partial charge in [0.2, 0.25) is 0 Å². The third-order valence-electron chi connectivity index (χ3n) is 4.01. The van der Waals surface area contributed by atoms with Crippen LogP contribution in [0, 0.1) is 5.92 Å². The number of hydrogen-bond acceptors (Lipinski definition) is 2. The Labute approximate surface area is 118 Å². The normalized spacial score (nSPS) is 18.9. The molecular weight excluding hydrogens is 290 g/mol. The van der Waals surface area contributed by atoms with Crippen LogP contribution in [0.15, 0.2) is 28.7 Å². The van der Waals surface area contributed by atoms with Crippen molar-refractivity contribution in [3.8, 4) is 0 Å². The maximum absolute atomic E-state index is 10.2. The lowest BCUT2D eigenvalue weighted by atomic mass is 10.1. The van der Waals surface area contributed by atoms with E-state index in [2.05, 4.69) is 34.8 Å². The predicted octanol–water partition coefficient (Wildman–Crippen LogP) is 3.60. The first-order valence-electron chi connectivity index (χ1n) is 6.71. The summed E-state index contributed by atoms with van der Waals surface area (Å²) in [6.07, 6.45) is 3.20. The molecule has 0 bridgehead atoms. The lowest BCUT2D eigenvalue weighted by Gasteiger charge is -2.25. The van der Waals surface area contributed by atoms with Gasteiger partial charge in [0.15, 0.2) is 0 Å². The quantitative estimate of drug-likeness (QED) is 0.867. The van der Waals surface area contributed by atoms with Crippen LogP contribution in [0.5, 0.6) is 0 Å². The van der Waals surface area contributed by atoms with E-state index in [0.29, 0.717) is 6.04 Å². The van der Waals surface area contributed by atoms with Gasteiger partial charge in [0.05, 0.1) is 6.10 Å². The second-order valence-electron chi connectivity index (χ2n) is 5.41. The van der Waals surface area contributed by atoms with Crippen molar-refractivity contribution in [2.24, 2.45) is 5.92 Å². The molecule has 0 amide bonds. The van der Waals surface area contributed by atoms with Gasteiger partial charge < -0.3 is 10.0 Å². The highest BCUT2D eigenvalue weighted by Crippen LogP contribution is 2.34. The van der Waals surface area contributed by atoms with Crippen molar-refractivity contribution >= 4 is 15.9 Å². The Morgan fingerprint density at radius 1 is 1.33 bits per heavy atom. The van der Waals surface area contributed by atoms with Crippen LogP contribution in [-0.2, 0) is 0 Å². The summed E-state index contributed by atoms with van der Waals surface area (Å²) in [5.74, 6) is 0.889. The summed E-state index contributed by atoms with van der Waals surface area (Å²) in [6, 6.07) is 8.59. The summed E-state index contributed by atoms with van der Waals surface area (Å²) in [5, 5.41) is 10.2. The van der Waals surface area contributed by atoms with Gasteiger partial charge in [-0.2, -0.15) is 0 Å². The SMILES string of the molecule is CC(C1CC1)N(C)CCC(O)c1ccc(Br)cc1. The van der Waals surface area contributed by atoms with E-state index in [1.165, 1.54) is 12.8 Å². The molecule has 0 saturated heterocycles. The molecule has 0 heterocycles. The van der Waals surface area contributed by atoms with E-state index in [4.69, 9.17) is 0 Å². The molecule has 0 radical (unpaired) electrons. The topological polar surface area (TPSA) is 23.5 Å². The van der Waals surface area contributed by atoms with Crippen molar-refractivity contribution < 1.29 is 5.11 Å². The zero-order chi connectivity index (χ0) is 13.1. The fraction of sp³-hybridized carbons (Fsp3) is 0.600. The molecule has 1 aliphatic rings. The van der Waals surface area contributed by atoms with Crippen LogP contribution >= 0.6 is 15.9 Å². The van der Waals surface area contributed by atoms with Crippen molar-refractivity contribution in [2.45, 2.75) is 38.3 Å². The molecule has 1 aromatic carbocycles. The first-order chi connectivity index (χ1) is 8.58. The Morgan fingerprint density at radius 2 is 1.94 bits per heavy atom. The molecule has 1 aliphatic carbocycles. The molecule has 1 N–H and O–H groups in total. The number of aliphatic hydroxyl groups excluding tert-OH is 1. The molecule has 0 aromatic heterocycles. The number of hydrogen-bond donors (Lipinski definition) is 1. The molecule has 2 unspecified atom stereocenters. The van der Waals surface area contributed by atoms with Gasteiger partial charge in [0, 0.05) is 17.1 Å². The van der Waals surface area contributed by atoms with Crippen LogP contribution in [0.3, 0.4) is 0 Å². The number of nitrogens with zero attached hydrogens (tertiary/aromatic N) is 1. The Morgan fingerprint density at radius 3 is 2.50 bits per heavy atom. The Hall–Kier alpha value is -0.380. The average Bonchev–Trinajstić information content (AvgIpc) is 3.19. The highest BCUT2D eigenvalue weighted by molar-refractivity contribution is 9.10. The van der Waals surface area contributed by atoms with Gasteiger partial charge in [0.25, 0.3) is 0 Å². The molecule has 1 saturated carbocycles. The number of benzene rings is 1. The van der Waals surface area contributed by atoms with Gasteiger partial charge in [-0.05, 0) is 56.8 Å². The summed E-state index contributed by atoms with van der Waals surface area (Å²) in [4.78, 5) is 2.37. The average molecular weight is 312 g/mol. The molecule has 0 spiro atoms. The zero-order valence-corrected chi connectivity index (χ0v) is 12.7. The molecule has 100 valence electrons. The van der Waals surface area contributed by atoms with Crippen LogP contribution < -0.4 is 0 Å². The van der Waals surface area contributed by atoms with Gasteiger partial charge >= 0.3 is 0 Å². The van der Waals surface area contributed by atoms with Crippen LogP contribution in [0.2, 0.25) is 0 Å². The summed E-state index contributed by atoms with van der Waals surface area (Å²) in [5.41, 5.74) is 1.01. The number of halogens is 1. The fourth-order valence-electron chi connectivity index (χ4n) is 2.32. The predicted molar refractivity (Wildman–Crippen MR) is 78.5 cm³/mol. The van der Waals surface area contributed by atoms with E-state index in [-0.39, 0.29) is 6.10 Å². The van der Waals surface area contributed by atoms with Crippen LogP contribution in [-0.4, -0.2) is 29.6 Å². The molecule has 2 rings (SSSR count). The molecule has 1 aromatic rings. The molecule has 18 heavy (non-hydrogen) atoms. The van der Waals surface area contributed by atoms with Crippen molar-refractivity contribution in [3.05, 3.63) is 34.3 Å². The van der Waals surface area contributed by atoms with E-state index >= 15 is 0 Å². The monoisotopic (exact) mass is 311 g/mol. The van der Waals surface area contributed by atoms with E-state index in [0.717, 1.165) is 28.9 Å². The Bertz CT molecular complexity index is 375. The van der Waals surface area contributed by atoms with Crippen molar-refractivity contribution in [2.75, 3.05) is 13.6 Å². The van der Waals surface area contributed by atoms with Gasteiger partial charge in [-0.15, -0.1) is 0 Å². The number of aliphatic hydroxyl groups is 1. The summed E-state index contributed by atoms with van der Waals surface area (Å²) in [7, 11) is 2.16. The maximum Gasteiger partial charge on any atom is 0.0802 e. The highest BCUT2D eigenvalue weighted by Gasteiger charge is 2.30. The fourth-order valence-corrected chi connectivity index (χ4v) is 2.58. The lowest BCUT2D eigenvalue weighted by molar-refractivity contribution is 0.135. The van der Waals surface area contributed by atoms with Crippen molar-refractivity contribution in [3.63, 3.8) is 0 Å². The van der Waals surface area contributed by atoms with E-state index < -0.39 is 0 Å². The molecule has 1 fully saturated rings. The van der Waals surface area contributed by atoms with E-state index in [1.54, 1.807) is 0 Å². The van der Waals surface area contributed by atoms with Crippen molar-refractivity contribution in [1.29, 1.82) is 0 Å². The maximum atomic E-state index is 10.2. The minimum atomic E-state index is -0.355. The van der Waals surface area contributed by atoms with Gasteiger partial charge in [0.1, 0.15) is 0 Å². The first-order valence-corrected chi connectivity index (χ1v) is 7.51. The Balaban J connectivity index is 1.80. The second-order valence-corrected chi connectivity index (χ2v) is 6.33. The van der Waals surface area contributed by atoms with Gasteiger partial charge in [-0.1, -0.05) is 28.1 Å². The van der Waals surface area contributed by atoms with E-state index in [1.807, 2.05) is 24.3 Å². The third-order valence-corrected chi connectivity index (χ3v) is 4.54. The van der Waals surface area contributed by atoms with Crippen LogP contribution in [0.1, 0.15) is 37.9 Å². The first kappa shape index (κ1) is 14.0. The summed E-state index contributed by atoms with van der Waals surface area (Å²) in [6.45, 7) is 3.25. The smallest absolute Gasteiger partial charge is 0.0802 e. The van der Waals surface area contributed by atoms with Crippen molar-refractivity contribution in [1.82, 2.24) is 4.90 Å². The van der Waals surface area contributed by atoms with Gasteiger partial charge in [-0.25, -0.2) is 0 Å². The minimum Gasteiger partial charge on any atom is -0.388 e. The largest absolute Gasteiger partial charge is 0.388 e. The molecule has 2 nitrogen and oxygen atoms in total. The molecule has 2 atom stereocenters. The second kappa shape index (κ2) is 6.18. The summed E-state index contributed by atoms with van der Waals surface area (Å²) < 4.78 is 1.05. The van der Waals surface area contributed by atoms with Crippen LogP contribution in [0.25, 0.3) is 0 Å². The molecule has 0 aliphatic heterocycles. The van der Waals surface area contributed by atoms with E-state index in [9.17, 15) is 5.11 Å². The molecule has 3 heteroatoms. The molecular formula is C15H22BrNO. The van der Waals surface area contributed by atoms with Crippen LogP contribution in [0.4, 0.5) is 0 Å². The summed E-state index contributed by atoms with van der Waals surface area (Å²) >= 11 is 3.41. The lowest BCUT2D eigenvalue weighted by Crippen LogP contribution is -2.32. The number of rotatable bonds is 6. The minimum absolute atomic E-state index is 0.355. The Kier molecular flexibility index (Phi) is 4.82.